The summed E-state index contributed by atoms with van der Waals surface area (Å²) in [5.41, 5.74) is 1.84. The van der Waals surface area contributed by atoms with Crippen molar-refractivity contribution in [1.29, 1.82) is 0 Å². The number of amides is 1. The highest BCUT2D eigenvalue weighted by molar-refractivity contribution is 9.10. The minimum atomic E-state index is -0.0431. The van der Waals surface area contributed by atoms with Gasteiger partial charge in [0.2, 0.25) is 0 Å². The first-order valence-corrected chi connectivity index (χ1v) is 11.0. The van der Waals surface area contributed by atoms with Crippen LogP contribution in [0.3, 0.4) is 0 Å². The molecule has 1 amide bonds. The minimum absolute atomic E-state index is 0.0431. The van der Waals surface area contributed by atoms with Crippen molar-refractivity contribution in [3.8, 4) is 5.75 Å². The first kappa shape index (κ1) is 22.5. The largest absolute Gasteiger partial charge is 0.491 e. The smallest absolute Gasteiger partial charge is 0.267 e. The van der Waals surface area contributed by atoms with Crippen molar-refractivity contribution < 1.29 is 9.53 Å². The lowest BCUT2D eigenvalue weighted by molar-refractivity contribution is 0.0946. The molecule has 2 heterocycles. The van der Waals surface area contributed by atoms with E-state index in [0.29, 0.717) is 18.8 Å². The number of rotatable bonds is 8. The molecule has 0 bridgehead atoms. The summed E-state index contributed by atoms with van der Waals surface area (Å²) in [6, 6.07) is 9.82. The van der Waals surface area contributed by atoms with Crippen molar-refractivity contribution in [1.82, 2.24) is 14.8 Å². The van der Waals surface area contributed by atoms with Crippen molar-refractivity contribution in [3.63, 3.8) is 0 Å². The third-order valence-corrected chi connectivity index (χ3v) is 5.36. The third-order valence-electron chi connectivity index (χ3n) is 4.74. The second kappa shape index (κ2) is 11.9. The molecule has 28 heavy (non-hydrogen) atoms. The Hall–Kier alpha value is -1.79. The summed E-state index contributed by atoms with van der Waals surface area (Å²) in [5.74, 6) is 0.833. The van der Waals surface area contributed by atoms with Gasteiger partial charge in [-0.05, 0) is 78.1 Å². The van der Waals surface area contributed by atoms with Crippen LogP contribution in [0, 0.1) is 0 Å². The molecule has 1 aliphatic rings. The van der Waals surface area contributed by atoms with Gasteiger partial charge in [0, 0.05) is 26.3 Å². The van der Waals surface area contributed by atoms with E-state index in [4.69, 9.17) is 4.74 Å². The molecule has 1 aromatic carbocycles. The van der Waals surface area contributed by atoms with E-state index >= 15 is 0 Å². The van der Waals surface area contributed by atoms with Crippen LogP contribution >= 0.6 is 15.9 Å². The van der Waals surface area contributed by atoms with E-state index < -0.39 is 0 Å². The highest BCUT2D eigenvalue weighted by Crippen LogP contribution is 2.26. The topological polar surface area (TPSA) is 46.5 Å². The summed E-state index contributed by atoms with van der Waals surface area (Å²) in [7, 11) is 1.87. The number of carbonyl (C=O) groups excluding carboxylic acids is 1. The van der Waals surface area contributed by atoms with Gasteiger partial charge in [0.25, 0.3) is 5.91 Å². The van der Waals surface area contributed by atoms with Gasteiger partial charge in [-0.3, -0.25) is 9.69 Å². The summed E-state index contributed by atoms with van der Waals surface area (Å²) >= 11 is 3.59. The maximum Gasteiger partial charge on any atom is 0.267 e. The highest BCUT2D eigenvalue weighted by atomic mass is 79.9. The molecule has 3 rings (SSSR count). The fourth-order valence-electron chi connectivity index (χ4n) is 3.22. The molecule has 6 heteroatoms. The Kier molecular flexibility index (Phi) is 9.58. The van der Waals surface area contributed by atoms with E-state index in [1.165, 1.54) is 25.9 Å². The number of aryl methyl sites for hydroxylation is 1. The monoisotopic (exact) mass is 449 g/mol. The number of halogens is 1. The number of likely N-dealkylation sites (tertiary alicyclic amines) is 1. The average molecular weight is 450 g/mol. The molecule has 5 nitrogen and oxygen atoms in total. The molecule has 0 radical (unpaired) electrons. The molecular weight excluding hydrogens is 418 g/mol. The van der Waals surface area contributed by atoms with E-state index in [-0.39, 0.29) is 5.91 Å². The van der Waals surface area contributed by atoms with Crippen molar-refractivity contribution in [2.24, 2.45) is 7.05 Å². The molecule has 1 N–H and O–H groups in total. The van der Waals surface area contributed by atoms with Crippen LogP contribution in [-0.2, 0) is 13.5 Å². The molecule has 1 aromatic heterocycles. The number of benzene rings is 1. The van der Waals surface area contributed by atoms with Crippen LogP contribution in [0.4, 0.5) is 0 Å². The van der Waals surface area contributed by atoms with Gasteiger partial charge in [0.05, 0.1) is 4.47 Å². The zero-order valence-electron chi connectivity index (χ0n) is 17.2. The van der Waals surface area contributed by atoms with Gasteiger partial charge in [-0.25, -0.2) is 0 Å². The summed E-state index contributed by atoms with van der Waals surface area (Å²) in [6.45, 7) is 8.69. The van der Waals surface area contributed by atoms with Gasteiger partial charge in [0.1, 0.15) is 18.1 Å². The standard InChI is InChI=1S/C20H26BrN3O2.C2H6/c1-23-10-4-5-18(23)20(25)22-9-8-16-6-7-19(17(21)15-16)26-14-13-24-11-2-3-12-24;1-2/h4-7,10,15H,2-3,8-9,11-14H2,1H3,(H,22,25);1-2H3. The Morgan fingerprint density at radius 2 is 1.96 bits per heavy atom. The Morgan fingerprint density at radius 1 is 1.21 bits per heavy atom. The van der Waals surface area contributed by atoms with E-state index in [9.17, 15) is 4.79 Å². The third kappa shape index (κ3) is 6.67. The van der Waals surface area contributed by atoms with E-state index in [1.807, 2.05) is 49.9 Å². The fraction of sp³-hybridized carbons (Fsp3) is 0.500. The van der Waals surface area contributed by atoms with Gasteiger partial charge in [-0.2, -0.15) is 0 Å². The van der Waals surface area contributed by atoms with Crippen LogP contribution in [-0.4, -0.2) is 48.2 Å². The van der Waals surface area contributed by atoms with E-state index in [2.05, 4.69) is 38.3 Å². The lowest BCUT2D eigenvalue weighted by Gasteiger charge is -2.16. The summed E-state index contributed by atoms with van der Waals surface area (Å²) in [6.07, 6.45) is 5.26. The minimum Gasteiger partial charge on any atom is -0.491 e. The predicted octanol–water partition coefficient (Wildman–Crippen LogP) is 4.26. The molecule has 2 aromatic rings. The number of nitrogens with zero attached hydrogens (tertiary/aromatic N) is 2. The highest BCUT2D eigenvalue weighted by Gasteiger charge is 2.12. The Morgan fingerprint density at radius 3 is 2.61 bits per heavy atom. The summed E-state index contributed by atoms with van der Waals surface area (Å²) in [5, 5.41) is 2.96. The molecule has 0 spiro atoms. The lowest BCUT2D eigenvalue weighted by Crippen LogP contribution is -2.27. The van der Waals surface area contributed by atoms with E-state index in [0.717, 1.165) is 28.8 Å². The normalized spacial score (nSPS) is 13.7. The van der Waals surface area contributed by atoms with Crippen molar-refractivity contribution in [2.45, 2.75) is 33.1 Å². The SMILES string of the molecule is CC.Cn1cccc1C(=O)NCCc1ccc(OCCN2CCCC2)c(Br)c1. The molecule has 0 unspecified atom stereocenters. The molecule has 0 saturated carbocycles. The van der Waals surface area contributed by atoms with Crippen LogP contribution in [0.1, 0.15) is 42.7 Å². The van der Waals surface area contributed by atoms with Gasteiger partial charge >= 0.3 is 0 Å². The second-order valence-corrected chi connectivity index (χ2v) is 7.53. The molecule has 1 saturated heterocycles. The maximum absolute atomic E-state index is 12.1. The number of carbonyl (C=O) groups is 1. The molecular formula is C22H32BrN3O2. The first-order chi connectivity index (χ1) is 13.6. The number of hydrogen-bond acceptors (Lipinski definition) is 3. The van der Waals surface area contributed by atoms with Crippen LogP contribution < -0.4 is 10.1 Å². The fourth-order valence-corrected chi connectivity index (χ4v) is 3.76. The second-order valence-electron chi connectivity index (χ2n) is 6.67. The maximum atomic E-state index is 12.1. The number of nitrogens with one attached hydrogen (secondary N) is 1. The number of aromatic nitrogens is 1. The summed E-state index contributed by atoms with van der Waals surface area (Å²) in [4.78, 5) is 14.5. The number of hydrogen-bond donors (Lipinski definition) is 1. The Balaban J connectivity index is 0.00000136. The summed E-state index contributed by atoms with van der Waals surface area (Å²) < 4.78 is 8.68. The number of ether oxygens (including phenoxy) is 1. The van der Waals surface area contributed by atoms with E-state index in [1.54, 1.807) is 0 Å². The zero-order valence-corrected chi connectivity index (χ0v) is 18.8. The molecule has 1 aliphatic heterocycles. The Labute approximate surface area is 177 Å². The molecule has 1 fully saturated rings. The van der Waals surface area contributed by atoms with Crippen molar-refractivity contribution in [3.05, 3.63) is 52.3 Å². The predicted molar refractivity (Wildman–Crippen MR) is 118 cm³/mol. The quantitative estimate of drug-likeness (QED) is 0.654. The van der Waals surface area contributed by atoms with Gasteiger partial charge in [0.15, 0.2) is 0 Å². The first-order valence-electron chi connectivity index (χ1n) is 10.2. The van der Waals surface area contributed by atoms with Gasteiger partial charge < -0.3 is 14.6 Å². The van der Waals surface area contributed by atoms with Crippen molar-refractivity contribution in [2.75, 3.05) is 32.8 Å². The molecule has 0 aliphatic carbocycles. The molecule has 0 atom stereocenters. The Bertz CT molecular complexity index is 739. The lowest BCUT2D eigenvalue weighted by atomic mass is 10.1. The zero-order chi connectivity index (χ0) is 20.4. The van der Waals surface area contributed by atoms with Crippen molar-refractivity contribution >= 4 is 21.8 Å². The van der Waals surface area contributed by atoms with Gasteiger partial charge in [-0.1, -0.05) is 19.9 Å². The van der Waals surface area contributed by atoms with Crippen LogP contribution in [0.25, 0.3) is 0 Å². The molecule has 154 valence electrons. The van der Waals surface area contributed by atoms with Crippen LogP contribution in [0.2, 0.25) is 0 Å². The van der Waals surface area contributed by atoms with Crippen LogP contribution in [0.5, 0.6) is 5.75 Å². The average Bonchev–Trinajstić information content (AvgIpc) is 3.36. The van der Waals surface area contributed by atoms with Crippen LogP contribution in [0.15, 0.2) is 41.0 Å². The van der Waals surface area contributed by atoms with Gasteiger partial charge in [-0.15, -0.1) is 0 Å².